The van der Waals surface area contributed by atoms with Crippen molar-refractivity contribution in [1.82, 2.24) is 9.97 Å². The molecule has 0 aromatic carbocycles. The van der Waals surface area contributed by atoms with E-state index in [4.69, 9.17) is 0 Å². The molecule has 1 N–H and O–H groups in total. The molecule has 1 rings (SSSR count). The third kappa shape index (κ3) is 4.63. The highest BCUT2D eigenvalue weighted by Gasteiger charge is 2.07. The van der Waals surface area contributed by atoms with Crippen LogP contribution in [0, 0.1) is 0 Å². The first-order valence-corrected chi connectivity index (χ1v) is 8.14. The molecule has 6 heteroatoms. The van der Waals surface area contributed by atoms with Gasteiger partial charge >= 0.3 is 0 Å². The van der Waals surface area contributed by atoms with Gasteiger partial charge in [-0.1, -0.05) is 11.8 Å². The van der Waals surface area contributed by atoms with Crippen molar-refractivity contribution in [3.63, 3.8) is 0 Å². The van der Waals surface area contributed by atoms with E-state index in [1.165, 1.54) is 12.2 Å². The summed E-state index contributed by atoms with van der Waals surface area (Å²) in [4.78, 5) is 11.0. The number of nitrogens with zero attached hydrogens (tertiary/aromatic N) is 3. The number of thioether (sulfide) groups is 2. The molecule has 0 fully saturated rings. The summed E-state index contributed by atoms with van der Waals surface area (Å²) in [6, 6.07) is 1.98. The Kier molecular flexibility index (Phi) is 6.50. The van der Waals surface area contributed by atoms with Gasteiger partial charge in [-0.3, -0.25) is 0 Å². The van der Waals surface area contributed by atoms with Crippen molar-refractivity contribution < 1.29 is 0 Å². The average Bonchev–Trinajstić information content (AvgIpc) is 2.38. The molecule has 96 valence electrons. The predicted octanol–water partition coefficient (Wildman–Crippen LogP) is 2.43. The van der Waals surface area contributed by atoms with E-state index in [2.05, 4.69) is 33.5 Å². The summed E-state index contributed by atoms with van der Waals surface area (Å²) >= 11 is 3.44. The Hall–Kier alpha value is -0.620. The zero-order valence-electron chi connectivity index (χ0n) is 10.9. The normalized spacial score (nSPS) is 10.4. The Labute approximate surface area is 112 Å². The van der Waals surface area contributed by atoms with Crippen molar-refractivity contribution in [3.05, 3.63) is 6.07 Å². The van der Waals surface area contributed by atoms with Crippen molar-refractivity contribution >= 4 is 35.2 Å². The monoisotopic (exact) mass is 272 g/mol. The van der Waals surface area contributed by atoms with Crippen LogP contribution in [-0.4, -0.2) is 48.9 Å². The van der Waals surface area contributed by atoms with Crippen molar-refractivity contribution in [2.45, 2.75) is 11.6 Å². The third-order valence-electron chi connectivity index (χ3n) is 2.36. The Morgan fingerprint density at radius 1 is 1.35 bits per heavy atom. The zero-order valence-corrected chi connectivity index (χ0v) is 12.5. The summed E-state index contributed by atoms with van der Waals surface area (Å²) < 4.78 is 0. The van der Waals surface area contributed by atoms with Crippen LogP contribution in [0.3, 0.4) is 0 Å². The van der Waals surface area contributed by atoms with Crippen LogP contribution in [0.5, 0.6) is 0 Å². The summed E-state index contributed by atoms with van der Waals surface area (Å²) in [6.45, 7) is 1.02. The van der Waals surface area contributed by atoms with Gasteiger partial charge in [0.2, 0.25) is 0 Å². The van der Waals surface area contributed by atoms with Crippen LogP contribution in [0.1, 0.15) is 6.42 Å². The van der Waals surface area contributed by atoms with Gasteiger partial charge in [-0.25, -0.2) is 9.97 Å². The van der Waals surface area contributed by atoms with Gasteiger partial charge in [0.15, 0.2) is 5.16 Å². The fourth-order valence-electron chi connectivity index (χ4n) is 1.39. The molecule has 0 aliphatic rings. The van der Waals surface area contributed by atoms with Crippen LogP contribution in [0.15, 0.2) is 11.2 Å². The first kappa shape index (κ1) is 14.4. The maximum atomic E-state index is 4.51. The number of anilines is 2. The largest absolute Gasteiger partial charge is 0.373 e. The summed E-state index contributed by atoms with van der Waals surface area (Å²) in [5, 5.41) is 3.88. The molecule has 0 aliphatic carbocycles. The smallest absolute Gasteiger partial charge is 0.191 e. The van der Waals surface area contributed by atoms with E-state index < -0.39 is 0 Å². The van der Waals surface area contributed by atoms with Gasteiger partial charge in [0.25, 0.3) is 0 Å². The standard InChI is InChI=1S/C11H20N4S2/c1-12-9-8-10(14-11(13-9)17-4)15(2)6-5-7-16-3/h8H,5-7H2,1-4H3,(H,12,13,14). The van der Waals surface area contributed by atoms with Crippen LogP contribution >= 0.6 is 23.5 Å². The quantitative estimate of drug-likeness (QED) is 0.467. The van der Waals surface area contributed by atoms with Gasteiger partial charge in [-0.2, -0.15) is 11.8 Å². The molecular formula is C11H20N4S2. The van der Waals surface area contributed by atoms with E-state index in [0.29, 0.717) is 0 Å². The minimum atomic E-state index is 0.809. The fourth-order valence-corrected chi connectivity index (χ4v) is 2.18. The molecule has 0 bridgehead atoms. The van der Waals surface area contributed by atoms with Gasteiger partial charge in [0.1, 0.15) is 11.6 Å². The molecule has 0 radical (unpaired) electrons. The molecule has 0 saturated carbocycles. The predicted molar refractivity (Wildman–Crippen MR) is 79.6 cm³/mol. The molecule has 0 aliphatic heterocycles. The van der Waals surface area contributed by atoms with E-state index in [1.807, 2.05) is 31.1 Å². The molecule has 1 aromatic rings. The second-order valence-electron chi connectivity index (χ2n) is 3.62. The molecule has 0 saturated heterocycles. The second-order valence-corrected chi connectivity index (χ2v) is 5.37. The Morgan fingerprint density at radius 3 is 2.71 bits per heavy atom. The van der Waals surface area contributed by atoms with E-state index >= 15 is 0 Å². The van der Waals surface area contributed by atoms with Crippen LogP contribution < -0.4 is 10.2 Å². The average molecular weight is 272 g/mol. The van der Waals surface area contributed by atoms with E-state index in [-0.39, 0.29) is 0 Å². The molecule has 0 unspecified atom stereocenters. The molecule has 0 atom stereocenters. The molecule has 1 heterocycles. The lowest BCUT2D eigenvalue weighted by atomic mass is 10.4. The number of hydrogen-bond acceptors (Lipinski definition) is 6. The molecule has 1 aromatic heterocycles. The SMILES string of the molecule is CNc1cc(N(C)CCCSC)nc(SC)n1. The highest BCUT2D eigenvalue weighted by Crippen LogP contribution is 2.19. The first-order valence-electron chi connectivity index (χ1n) is 5.52. The van der Waals surface area contributed by atoms with E-state index in [0.717, 1.165) is 23.3 Å². The van der Waals surface area contributed by atoms with Crippen molar-refractivity contribution in [3.8, 4) is 0 Å². The van der Waals surface area contributed by atoms with Crippen LogP contribution in [0.25, 0.3) is 0 Å². The summed E-state index contributed by atoms with van der Waals surface area (Å²) in [5.41, 5.74) is 0. The number of rotatable bonds is 7. The highest BCUT2D eigenvalue weighted by molar-refractivity contribution is 7.98. The summed E-state index contributed by atoms with van der Waals surface area (Å²) in [5.74, 6) is 3.04. The van der Waals surface area contributed by atoms with E-state index in [1.54, 1.807) is 11.8 Å². The van der Waals surface area contributed by atoms with Gasteiger partial charge in [-0.05, 0) is 24.7 Å². The minimum absolute atomic E-state index is 0.809. The zero-order chi connectivity index (χ0) is 12.7. The molecule has 4 nitrogen and oxygen atoms in total. The maximum Gasteiger partial charge on any atom is 0.191 e. The number of aromatic nitrogens is 2. The highest BCUT2D eigenvalue weighted by atomic mass is 32.2. The second kappa shape index (κ2) is 7.66. The molecular weight excluding hydrogens is 252 g/mol. The Morgan fingerprint density at radius 2 is 2.12 bits per heavy atom. The van der Waals surface area contributed by atoms with Crippen LogP contribution in [0.2, 0.25) is 0 Å². The fraction of sp³-hybridized carbons (Fsp3) is 0.636. The lowest BCUT2D eigenvalue weighted by Gasteiger charge is -2.18. The Balaban J connectivity index is 2.73. The van der Waals surface area contributed by atoms with Gasteiger partial charge in [0.05, 0.1) is 0 Å². The summed E-state index contributed by atoms with van der Waals surface area (Å²) in [6.07, 6.45) is 5.30. The maximum absolute atomic E-state index is 4.51. The molecule has 0 amide bonds. The van der Waals surface area contributed by atoms with Gasteiger partial charge in [0, 0.05) is 26.7 Å². The lowest BCUT2D eigenvalue weighted by Crippen LogP contribution is -2.20. The van der Waals surface area contributed by atoms with Crippen LogP contribution in [0.4, 0.5) is 11.6 Å². The first-order chi connectivity index (χ1) is 8.21. The van der Waals surface area contributed by atoms with Crippen LogP contribution in [-0.2, 0) is 0 Å². The molecule has 0 spiro atoms. The third-order valence-corrected chi connectivity index (χ3v) is 3.61. The Bertz CT molecular complexity index is 324. The summed E-state index contributed by atoms with van der Waals surface area (Å²) in [7, 11) is 3.95. The lowest BCUT2D eigenvalue weighted by molar-refractivity contribution is 0.824. The van der Waals surface area contributed by atoms with Gasteiger partial charge < -0.3 is 10.2 Å². The minimum Gasteiger partial charge on any atom is -0.373 e. The van der Waals surface area contributed by atoms with Gasteiger partial charge in [-0.15, -0.1) is 0 Å². The van der Waals surface area contributed by atoms with Crippen molar-refractivity contribution in [1.29, 1.82) is 0 Å². The topological polar surface area (TPSA) is 41.0 Å². The van der Waals surface area contributed by atoms with Crippen molar-refractivity contribution in [2.75, 3.05) is 49.1 Å². The van der Waals surface area contributed by atoms with Crippen molar-refractivity contribution in [2.24, 2.45) is 0 Å². The number of nitrogens with one attached hydrogen (secondary N) is 1. The molecule has 17 heavy (non-hydrogen) atoms. The van der Waals surface area contributed by atoms with E-state index in [9.17, 15) is 0 Å². The number of hydrogen-bond donors (Lipinski definition) is 1.